The van der Waals surface area contributed by atoms with Gasteiger partial charge in [0.05, 0.1) is 5.69 Å². The highest BCUT2D eigenvalue weighted by molar-refractivity contribution is 7.26. The lowest BCUT2D eigenvalue weighted by molar-refractivity contribution is 1.29. The van der Waals surface area contributed by atoms with Gasteiger partial charge in [-0.3, -0.25) is 0 Å². The van der Waals surface area contributed by atoms with Crippen LogP contribution in [0.15, 0.2) is 176 Å². The first-order chi connectivity index (χ1) is 25.0. The quantitative estimate of drug-likeness (QED) is 0.163. The number of hydrogen-bond acceptors (Lipinski definition) is 2. The molecule has 1 aliphatic rings. The van der Waals surface area contributed by atoms with Crippen LogP contribution >= 0.6 is 11.3 Å². The minimum Gasteiger partial charge on any atom is -0.310 e. The van der Waals surface area contributed by atoms with E-state index in [1.807, 2.05) is 11.3 Å². The molecular weight excluding hydrogens is 651 g/mol. The van der Waals surface area contributed by atoms with E-state index in [-0.39, 0.29) is 0 Å². The Labute approximate surface area is 303 Å². The normalized spacial score (nSPS) is 13.1. The molecule has 0 N–H and O–H groups in total. The van der Waals surface area contributed by atoms with Crippen LogP contribution in [-0.2, 0) is 0 Å². The van der Waals surface area contributed by atoms with E-state index in [1.165, 1.54) is 80.9 Å². The standard InChI is InChI=1S/C48H35NSSi/c1-51(2)45-29-28-44-47(40-17-9-11-19-43(40)50-44)48(45)41-27-26-38(31-46(41)51)49(42-18-10-8-16-39(42)34-13-4-3-5-14-34)37-24-22-33(23-25-37)36-21-20-32-12-6-7-15-35(32)30-36/h3-31H,1-2H3. The molecule has 0 atom stereocenters. The number of para-hydroxylation sites is 1. The Morgan fingerprint density at radius 2 is 1.16 bits per heavy atom. The van der Waals surface area contributed by atoms with Crippen molar-refractivity contribution in [2.24, 2.45) is 0 Å². The summed E-state index contributed by atoms with van der Waals surface area (Å²) in [5, 5.41) is 8.38. The summed E-state index contributed by atoms with van der Waals surface area (Å²) in [6.45, 7) is 5.06. The molecule has 51 heavy (non-hydrogen) atoms. The first kappa shape index (κ1) is 30.1. The Kier molecular flexibility index (Phi) is 6.89. The van der Waals surface area contributed by atoms with Gasteiger partial charge >= 0.3 is 0 Å². The lowest BCUT2D eigenvalue weighted by atomic mass is 9.98. The second kappa shape index (κ2) is 11.7. The summed E-state index contributed by atoms with van der Waals surface area (Å²) in [4.78, 5) is 2.47. The van der Waals surface area contributed by atoms with Gasteiger partial charge in [-0.25, -0.2) is 0 Å². The van der Waals surface area contributed by atoms with Gasteiger partial charge in [0, 0.05) is 37.1 Å². The molecule has 1 aromatic heterocycles. The number of rotatable bonds is 5. The Morgan fingerprint density at radius 1 is 0.451 bits per heavy atom. The summed E-state index contributed by atoms with van der Waals surface area (Å²) in [6, 6.07) is 65.1. The van der Waals surface area contributed by atoms with Crippen LogP contribution in [0.3, 0.4) is 0 Å². The molecule has 0 bridgehead atoms. The van der Waals surface area contributed by atoms with Crippen LogP contribution in [0.5, 0.6) is 0 Å². The maximum absolute atomic E-state index is 2.53. The van der Waals surface area contributed by atoms with Gasteiger partial charge in [-0.15, -0.1) is 11.3 Å². The zero-order valence-corrected chi connectivity index (χ0v) is 30.4. The molecule has 0 radical (unpaired) electrons. The molecule has 9 aromatic rings. The number of fused-ring (bicyclic) bond motifs is 8. The number of hydrogen-bond donors (Lipinski definition) is 0. The van der Waals surface area contributed by atoms with Crippen molar-refractivity contribution >= 4 is 77.8 Å². The Balaban J connectivity index is 1.15. The number of nitrogens with zero attached hydrogens (tertiary/aromatic N) is 1. The van der Waals surface area contributed by atoms with Crippen molar-refractivity contribution in [3.05, 3.63) is 176 Å². The molecule has 0 spiro atoms. The fourth-order valence-electron chi connectivity index (χ4n) is 8.30. The number of benzene rings is 8. The van der Waals surface area contributed by atoms with Gasteiger partial charge in [0.1, 0.15) is 8.07 Å². The van der Waals surface area contributed by atoms with E-state index >= 15 is 0 Å². The molecule has 1 nitrogen and oxygen atoms in total. The molecule has 0 amide bonds. The van der Waals surface area contributed by atoms with Crippen LogP contribution in [0.2, 0.25) is 13.1 Å². The van der Waals surface area contributed by atoms with Crippen LogP contribution in [0.4, 0.5) is 17.1 Å². The fourth-order valence-corrected chi connectivity index (χ4v) is 12.5. The summed E-state index contributed by atoms with van der Waals surface area (Å²) in [7, 11) is -2.01. The maximum Gasteiger partial charge on any atom is 0.113 e. The summed E-state index contributed by atoms with van der Waals surface area (Å²) in [5.41, 5.74) is 11.2. The molecule has 1 aliphatic heterocycles. The van der Waals surface area contributed by atoms with E-state index in [2.05, 4.69) is 194 Å². The predicted molar refractivity (Wildman–Crippen MR) is 225 cm³/mol. The molecule has 8 aromatic carbocycles. The Bertz CT molecular complexity index is 2780. The third-order valence-electron chi connectivity index (χ3n) is 10.9. The topological polar surface area (TPSA) is 3.24 Å². The highest BCUT2D eigenvalue weighted by atomic mass is 32.1. The molecule has 10 rings (SSSR count). The highest BCUT2D eigenvalue weighted by Gasteiger charge is 2.39. The van der Waals surface area contributed by atoms with Gasteiger partial charge in [0.2, 0.25) is 0 Å². The maximum atomic E-state index is 2.53. The van der Waals surface area contributed by atoms with Crippen molar-refractivity contribution in [2.75, 3.05) is 4.90 Å². The zero-order chi connectivity index (χ0) is 34.1. The van der Waals surface area contributed by atoms with Crippen molar-refractivity contribution in [2.45, 2.75) is 13.1 Å². The SMILES string of the molecule is C[Si]1(C)c2cc(N(c3ccc(-c4ccc5ccccc5c4)cc3)c3ccccc3-c3ccccc3)ccc2-c2c1ccc1sc3ccccc3c21. The second-order valence-electron chi connectivity index (χ2n) is 14.1. The van der Waals surface area contributed by atoms with Crippen LogP contribution in [0.1, 0.15) is 0 Å². The smallest absolute Gasteiger partial charge is 0.113 e. The van der Waals surface area contributed by atoms with E-state index in [4.69, 9.17) is 0 Å². The van der Waals surface area contributed by atoms with E-state index in [9.17, 15) is 0 Å². The van der Waals surface area contributed by atoms with Crippen LogP contribution in [0, 0.1) is 0 Å². The van der Waals surface area contributed by atoms with Crippen LogP contribution in [-0.4, -0.2) is 8.07 Å². The molecule has 2 heterocycles. The van der Waals surface area contributed by atoms with Crippen molar-refractivity contribution in [3.8, 4) is 33.4 Å². The van der Waals surface area contributed by atoms with E-state index in [0.717, 1.165) is 5.69 Å². The molecule has 0 saturated carbocycles. The average molecular weight is 686 g/mol. The van der Waals surface area contributed by atoms with Crippen LogP contribution in [0.25, 0.3) is 64.3 Å². The van der Waals surface area contributed by atoms with Crippen LogP contribution < -0.4 is 15.3 Å². The van der Waals surface area contributed by atoms with Gasteiger partial charge in [0.25, 0.3) is 0 Å². The minimum atomic E-state index is -2.01. The summed E-state index contributed by atoms with van der Waals surface area (Å²) in [5.74, 6) is 0. The lowest BCUT2D eigenvalue weighted by Gasteiger charge is -2.29. The molecule has 3 heteroatoms. The third-order valence-corrected chi connectivity index (χ3v) is 15.5. The molecule has 0 saturated heterocycles. The monoisotopic (exact) mass is 685 g/mol. The molecular formula is C48H35NSSi. The van der Waals surface area contributed by atoms with Gasteiger partial charge in [0.15, 0.2) is 0 Å². The summed E-state index contributed by atoms with van der Waals surface area (Å²) < 4.78 is 2.74. The Hall–Kier alpha value is -5.74. The average Bonchev–Trinajstić information content (AvgIpc) is 3.67. The van der Waals surface area contributed by atoms with E-state index in [1.54, 1.807) is 5.19 Å². The zero-order valence-electron chi connectivity index (χ0n) is 28.6. The van der Waals surface area contributed by atoms with Gasteiger partial charge in [-0.2, -0.15) is 0 Å². The van der Waals surface area contributed by atoms with Gasteiger partial charge < -0.3 is 4.90 Å². The van der Waals surface area contributed by atoms with Crippen molar-refractivity contribution in [1.29, 1.82) is 0 Å². The number of thiophene rings is 1. The minimum absolute atomic E-state index is 1.14. The van der Waals surface area contributed by atoms with E-state index in [0.29, 0.717) is 0 Å². The lowest BCUT2D eigenvalue weighted by Crippen LogP contribution is -2.49. The highest BCUT2D eigenvalue weighted by Crippen LogP contribution is 2.45. The van der Waals surface area contributed by atoms with Gasteiger partial charge in [-0.1, -0.05) is 140 Å². The third kappa shape index (κ3) is 4.80. The summed E-state index contributed by atoms with van der Waals surface area (Å²) >= 11 is 1.91. The fraction of sp³-hybridized carbons (Fsp3) is 0.0417. The molecule has 0 fully saturated rings. The largest absolute Gasteiger partial charge is 0.310 e. The first-order valence-corrected chi connectivity index (χ1v) is 21.5. The predicted octanol–water partition coefficient (Wildman–Crippen LogP) is 12.8. The van der Waals surface area contributed by atoms with E-state index < -0.39 is 8.07 Å². The molecule has 0 unspecified atom stereocenters. The van der Waals surface area contributed by atoms with Gasteiger partial charge in [-0.05, 0) is 97.5 Å². The van der Waals surface area contributed by atoms with Crippen molar-refractivity contribution < 1.29 is 0 Å². The second-order valence-corrected chi connectivity index (χ2v) is 19.6. The Morgan fingerprint density at radius 3 is 2.02 bits per heavy atom. The molecule has 242 valence electrons. The summed E-state index contributed by atoms with van der Waals surface area (Å²) in [6.07, 6.45) is 0. The first-order valence-electron chi connectivity index (χ1n) is 17.7. The number of anilines is 3. The molecule has 0 aliphatic carbocycles. The van der Waals surface area contributed by atoms with Crippen molar-refractivity contribution in [3.63, 3.8) is 0 Å². The van der Waals surface area contributed by atoms with Crippen molar-refractivity contribution in [1.82, 2.24) is 0 Å².